The highest BCUT2D eigenvalue weighted by molar-refractivity contribution is 8.13. The number of ketones is 1. The Labute approximate surface area is 184 Å². The molecule has 0 radical (unpaired) electrons. The second kappa shape index (κ2) is 7.45. The molecule has 0 aromatic heterocycles. The highest BCUT2D eigenvalue weighted by Crippen LogP contribution is 2.67. The van der Waals surface area contributed by atoms with E-state index in [4.69, 9.17) is 9.47 Å². The molecule has 1 heterocycles. The summed E-state index contributed by atoms with van der Waals surface area (Å²) in [5, 5.41) is 0.220. The Kier molecular flexibility index (Phi) is 5.27. The minimum atomic E-state index is -0.417. The highest BCUT2D eigenvalue weighted by Gasteiger charge is 2.62. The monoisotopic (exact) mass is 432 g/mol. The van der Waals surface area contributed by atoms with Crippen molar-refractivity contribution in [2.45, 2.75) is 77.9 Å². The van der Waals surface area contributed by atoms with E-state index < -0.39 is 5.79 Å². The summed E-state index contributed by atoms with van der Waals surface area (Å²) in [6.45, 7) is 7.29. The van der Waals surface area contributed by atoms with Crippen molar-refractivity contribution in [2.75, 3.05) is 19.0 Å². The molecule has 5 aliphatic rings. The average molecular weight is 433 g/mol. The Morgan fingerprint density at radius 1 is 1.07 bits per heavy atom. The van der Waals surface area contributed by atoms with Gasteiger partial charge in [-0.2, -0.15) is 0 Å². The lowest BCUT2D eigenvalue weighted by Gasteiger charge is -2.59. The molecule has 0 bridgehead atoms. The van der Waals surface area contributed by atoms with E-state index in [1.54, 1.807) is 13.8 Å². The Hall–Kier alpha value is -0.650. The fraction of sp³-hybridized carbons (Fsp3) is 0.840. The van der Waals surface area contributed by atoms with Crippen LogP contribution in [0.2, 0.25) is 0 Å². The van der Waals surface area contributed by atoms with Crippen LogP contribution in [0, 0.1) is 34.5 Å². The zero-order chi connectivity index (χ0) is 21.1. The topological polar surface area (TPSA) is 52.6 Å². The predicted octanol–water partition coefficient (Wildman–Crippen LogP) is 5.16. The van der Waals surface area contributed by atoms with Gasteiger partial charge in [-0.25, -0.2) is 0 Å². The normalized spacial score (nSPS) is 44.2. The molecule has 0 amide bonds. The van der Waals surface area contributed by atoms with Gasteiger partial charge >= 0.3 is 0 Å². The molecule has 0 aromatic carbocycles. The first-order chi connectivity index (χ1) is 14.3. The summed E-state index contributed by atoms with van der Waals surface area (Å²) in [6, 6.07) is 0. The highest BCUT2D eigenvalue weighted by atomic mass is 32.2. The average Bonchev–Trinajstić information content (AvgIpc) is 3.30. The quantitative estimate of drug-likeness (QED) is 0.577. The maximum absolute atomic E-state index is 12.4. The van der Waals surface area contributed by atoms with Gasteiger partial charge in [-0.15, -0.1) is 0 Å². The van der Waals surface area contributed by atoms with Gasteiger partial charge in [0.2, 0.25) is 0 Å². The molecule has 0 unspecified atom stereocenters. The molecule has 1 aliphatic heterocycles. The lowest BCUT2D eigenvalue weighted by atomic mass is 9.47. The minimum Gasteiger partial charge on any atom is -0.347 e. The maximum Gasteiger partial charge on any atom is 0.185 e. The van der Waals surface area contributed by atoms with Crippen molar-refractivity contribution in [3.05, 3.63) is 11.6 Å². The van der Waals surface area contributed by atoms with Crippen LogP contribution in [-0.2, 0) is 19.1 Å². The van der Waals surface area contributed by atoms with Gasteiger partial charge in [0.15, 0.2) is 10.9 Å². The predicted molar refractivity (Wildman–Crippen MR) is 118 cm³/mol. The second-order valence-corrected chi connectivity index (χ2v) is 12.0. The number of fused-ring (bicyclic) bond motifs is 5. The van der Waals surface area contributed by atoms with E-state index in [2.05, 4.69) is 13.0 Å². The Balaban J connectivity index is 1.48. The standard InChI is InChI=1S/C25H36O4S/c1-16(26)20-6-7-21-19-5-4-18-14-25(28-12-13-29-25)11-10-24(18,15-30-17(2)27)22(19)8-9-23(20,21)3/h4,19-22H,5-15H2,1-3H3/t19-,20+,21-,22-,23+,24+/m0/s1. The number of hydrogen-bond donors (Lipinski definition) is 0. The molecule has 1 saturated heterocycles. The van der Waals surface area contributed by atoms with Gasteiger partial charge in [-0.3, -0.25) is 9.59 Å². The molecule has 30 heavy (non-hydrogen) atoms. The van der Waals surface area contributed by atoms with Crippen LogP contribution < -0.4 is 0 Å². The molecule has 0 N–H and O–H groups in total. The first-order valence-corrected chi connectivity index (χ1v) is 12.9. The Morgan fingerprint density at radius 3 is 2.53 bits per heavy atom. The van der Waals surface area contributed by atoms with Crippen LogP contribution in [0.5, 0.6) is 0 Å². The van der Waals surface area contributed by atoms with Crippen LogP contribution in [0.25, 0.3) is 0 Å². The maximum atomic E-state index is 12.4. The smallest absolute Gasteiger partial charge is 0.185 e. The van der Waals surface area contributed by atoms with E-state index in [1.165, 1.54) is 30.2 Å². The van der Waals surface area contributed by atoms with Crippen molar-refractivity contribution < 1.29 is 19.1 Å². The molecule has 1 spiro atoms. The number of Topliss-reactive ketones (excluding diaryl/α,β-unsaturated/α-hetero) is 1. The number of carbonyl (C=O) groups is 2. The third-order valence-electron chi connectivity index (χ3n) is 9.67. The fourth-order valence-corrected chi connectivity index (χ4v) is 9.33. The van der Waals surface area contributed by atoms with Gasteiger partial charge in [-0.1, -0.05) is 30.3 Å². The summed E-state index contributed by atoms with van der Waals surface area (Å²) < 4.78 is 12.2. The summed E-state index contributed by atoms with van der Waals surface area (Å²) in [6.07, 6.45) is 11.1. The molecule has 4 fully saturated rings. The summed E-state index contributed by atoms with van der Waals surface area (Å²) in [7, 11) is 0. The van der Waals surface area contributed by atoms with E-state index in [-0.39, 0.29) is 21.9 Å². The van der Waals surface area contributed by atoms with Gasteiger partial charge in [0.05, 0.1) is 13.2 Å². The van der Waals surface area contributed by atoms with Crippen molar-refractivity contribution >= 4 is 22.7 Å². The van der Waals surface area contributed by atoms with Crippen LogP contribution in [0.4, 0.5) is 0 Å². The third kappa shape index (κ3) is 3.09. The third-order valence-corrected chi connectivity index (χ3v) is 10.7. The summed E-state index contributed by atoms with van der Waals surface area (Å²) in [5.74, 6) is 3.01. The van der Waals surface area contributed by atoms with Gasteiger partial charge in [0.1, 0.15) is 5.78 Å². The van der Waals surface area contributed by atoms with Gasteiger partial charge in [0.25, 0.3) is 0 Å². The largest absolute Gasteiger partial charge is 0.347 e. The molecular weight excluding hydrogens is 396 g/mol. The summed E-state index contributed by atoms with van der Waals surface area (Å²) in [4.78, 5) is 24.4. The van der Waals surface area contributed by atoms with Crippen molar-refractivity contribution in [3.63, 3.8) is 0 Å². The SMILES string of the molecule is CC(=O)SC[C@]12CCC3(CC1=CC[C@@H]1[C@@H]2CC[C@]2(C)[C@@H](C(C)=O)CC[C@@H]12)OCCO3. The number of hydrogen-bond acceptors (Lipinski definition) is 5. The first kappa shape index (κ1) is 21.2. The Morgan fingerprint density at radius 2 is 1.83 bits per heavy atom. The van der Waals surface area contributed by atoms with Crippen LogP contribution in [-0.4, -0.2) is 35.7 Å². The van der Waals surface area contributed by atoms with Crippen LogP contribution in [0.1, 0.15) is 72.1 Å². The number of carbonyl (C=O) groups excluding carboxylic acids is 2. The number of thioether (sulfide) groups is 1. The zero-order valence-corrected chi connectivity index (χ0v) is 19.5. The van der Waals surface area contributed by atoms with Gasteiger partial charge < -0.3 is 9.47 Å². The van der Waals surface area contributed by atoms with Gasteiger partial charge in [0, 0.05) is 36.9 Å². The molecule has 0 aromatic rings. The summed E-state index contributed by atoms with van der Waals surface area (Å²) in [5.41, 5.74) is 1.76. The summed E-state index contributed by atoms with van der Waals surface area (Å²) >= 11 is 1.52. The van der Waals surface area contributed by atoms with Crippen molar-refractivity contribution in [2.24, 2.45) is 34.5 Å². The van der Waals surface area contributed by atoms with Crippen LogP contribution in [0.15, 0.2) is 11.6 Å². The molecule has 166 valence electrons. The second-order valence-electron chi connectivity index (χ2n) is 10.8. The Bertz CT molecular complexity index is 769. The lowest BCUT2D eigenvalue weighted by Crippen LogP contribution is -2.54. The first-order valence-electron chi connectivity index (χ1n) is 11.9. The molecule has 6 atom stereocenters. The molecule has 5 rings (SSSR count). The van der Waals surface area contributed by atoms with E-state index in [0.29, 0.717) is 36.8 Å². The van der Waals surface area contributed by atoms with Gasteiger partial charge in [-0.05, 0) is 68.6 Å². The molecule has 3 saturated carbocycles. The van der Waals surface area contributed by atoms with Crippen molar-refractivity contribution in [3.8, 4) is 0 Å². The number of ether oxygens (including phenoxy) is 2. The fourth-order valence-electron chi connectivity index (χ4n) is 8.32. The molecule has 5 heteroatoms. The molecule has 4 nitrogen and oxygen atoms in total. The van der Waals surface area contributed by atoms with E-state index in [9.17, 15) is 9.59 Å². The van der Waals surface area contributed by atoms with Crippen LogP contribution in [0.3, 0.4) is 0 Å². The number of rotatable bonds is 3. The molecule has 4 aliphatic carbocycles. The lowest BCUT2D eigenvalue weighted by molar-refractivity contribution is -0.184. The zero-order valence-electron chi connectivity index (χ0n) is 18.7. The van der Waals surface area contributed by atoms with E-state index >= 15 is 0 Å². The molecular formula is C25H36O4S. The number of allylic oxidation sites excluding steroid dienone is 1. The minimum absolute atomic E-state index is 0.0927. The van der Waals surface area contributed by atoms with Crippen molar-refractivity contribution in [1.82, 2.24) is 0 Å². The van der Waals surface area contributed by atoms with Crippen LogP contribution >= 0.6 is 11.8 Å². The van der Waals surface area contributed by atoms with Crippen molar-refractivity contribution in [1.29, 1.82) is 0 Å². The van der Waals surface area contributed by atoms with E-state index in [1.807, 2.05) is 0 Å². The van der Waals surface area contributed by atoms with E-state index in [0.717, 1.165) is 44.3 Å².